The molecule has 2 aromatic rings. The molecule has 31 heavy (non-hydrogen) atoms. The maximum absolute atomic E-state index is 13.5. The molecule has 1 N–H and O–H groups in total. The second-order valence-electron chi connectivity index (χ2n) is 7.80. The third kappa shape index (κ3) is 6.37. The highest BCUT2D eigenvalue weighted by Crippen LogP contribution is 2.28. The van der Waals surface area contributed by atoms with E-state index in [0.717, 1.165) is 31.2 Å². The molecule has 7 heteroatoms. The van der Waals surface area contributed by atoms with Gasteiger partial charge < -0.3 is 15.0 Å². The summed E-state index contributed by atoms with van der Waals surface area (Å²) in [6.45, 7) is 0.230. The minimum atomic E-state index is -0.809. The number of nitrogens with one attached hydrogen (secondary N) is 1. The van der Waals surface area contributed by atoms with Crippen LogP contribution in [-0.4, -0.2) is 35.7 Å². The maximum Gasteiger partial charge on any atom is 0.247 e. The highest BCUT2D eigenvalue weighted by molar-refractivity contribution is 6.30. The van der Waals surface area contributed by atoms with Gasteiger partial charge in [0.1, 0.15) is 17.7 Å². The van der Waals surface area contributed by atoms with Crippen molar-refractivity contribution in [3.05, 3.63) is 64.7 Å². The summed E-state index contributed by atoms with van der Waals surface area (Å²) in [6.07, 6.45) is 5.31. The van der Waals surface area contributed by atoms with E-state index in [1.54, 1.807) is 31.4 Å². The molecule has 5 nitrogen and oxygen atoms in total. The number of amides is 2. The van der Waals surface area contributed by atoms with Crippen LogP contribution in [0.25, 0.3) is 0 Å². The van der Waals surface area contributed by atoms with Crippen molar-refractivity contribution in [3.8, 4) is 5.75 Å². The van der Waals surface area contributed by atoms with Crippen LogP contribution in [0.15, 0.2) is 48.5 Å². The first-order chi connectivity index (χ1) is 15.0. The highest BCUT2D eigenvalue weighted by atomic mass is 35.5. The van der Waals surface area contributed by atoms with E-state index in [9.17, 15) is 9.59 Å². The molecule has 0 saturated heterocycles. The number of rotatable bonds is 8. The number of alkyl halides is 1. The molecule has 1 atom stereocenters. The van der Waals surface area contributed by atoms with Gasteiger partial charge in [-0.1, -0.05) is 55.1 Å². The molecular formula is C24H28Cl2N2O3. The predicted molar refractivity (Wildman–Crippen MR) is 123 cm³/mol. The Morgan fingerprint density at radius 2 is 1.84 bits per heavy atom. The number of ether oxygens (including phenoxy) is 1. The van der Waals surface area contributed by atoms with Crippen LogP contribution < -0.4 is 10.1 Å². The van der Waals surface area contributed by atoms with Crippen molar-refractivity contribution in [3.63, 3.8) is 0 Å². The first-order valence-electron chi connectivity index (χ1n) is 10.6. The summed E-state index contributed by atoms with van der Waals surface area (Å²) >= 11 is 12.0. The van der Waals surface area contributed by atoms with Crippen molar-refractivity contribution in [2.75, 3.05) is 13.0 Å². The van der Waals surface area contributed by atoms with Gasteiger partial charge >= 0.3 is 0 Å². The number of methoxy groups -OCH3 is 1. The molecule has 0 aromatic heterocycles. The third-order valence-electron chi connectivity index (χ3n) is 5.62. The molecule has 2 amide bonds. The molecule has 0 unspecified atom stereocenters. The lowest BCUT2D eigenvalue weighted by Crippen LogP contribution is -2.47. The van der Waals surface area contributed by atoms with E-state index in [0.29, 0.717) is 16.3 Å². The Morgan fingerprint density at radius 1 is 1.13 bits per heavy atom. The number of nitrogens with zero attached hydrogens (tertiary/aromatic N) is 1. The van der Waals surface area contributed by atoms with E-state index in [1.165, 1.54) is 11.3 Å². The Morgan fingerprint density at radius 3 is 2.48 bits per heavy atom. The van der Waals surface area contributed by atoms with E-state index in [1.807, 2.05) is 24.3 Å². The van der Waals surface area contributed by atoms with Crippen LogP contribution in [-0.2, 0) is 16.1 Å². The van der Waals surface area contributed by atoms with E-state index in [-0.39, 0.29) is 30.3 Å². The van der Waals surface area contributed by atoms with Gasteiger partial charge in [-0.15, -0.1) is 11.6 Å². The number of halogens is 2. The molecule has 0 heterocycles. The highest BCUT2D eigenvalue weighted by Gasteiger charge is 2.32. The van der Waals surface area contributed by atoms with Gasteiger partial charge in [0, 0.05) is 17.6 Å². The monoisotopic (exact) mass is 462 g/mol. The predicted octanol–water partition coefficient (Wildman–Crippen LogP) is 5.11. The minimum Gasteiger partial charge on any atom is -0.497 e. The number of carbonyl (C=O) groups is 2. The summed E-state index contributed by atoms with van der Waals surface area (Å²) in [7, 11) is 1.59. The van der Waals surface area contributed by atoms with Gasteiger partial charge in [-0.25, -0.2) is 0 Å². The van der Waals surface area contributed by atoms with Crippen LogP contribution in [0, 0.1) is 0 Å². The van der Waals surface area contributed by atoms with Crippen molar-refractivity contribution < 1.29 is 14.3 Å². The van der Waals surface area contributed by atoms with Gasteiger partial charge in [0.05, 0.1) is 7.11 Å². The second-order valence-corrected chi connectivity index (χ2v) is 8.51. The van der Waals surface area contributed by atoms with Crippen LogP contribution in [0.4, 0.5) is 0 Å². The molecule has 1 aliphatic carbocycles. The van der Waals surface area contributed by atoms with E-state index in [4.69, 9.17) is 27.9 Å². The van der Waals surface area contributed by atoms with E-state index < -0.39 is 6.04 Å². The van der Waals surface area contributed by atoms with Crippen LogP contribution in [0.2, 0.25) is 5.02 Å². The molecule has 1 saturated carbocycles. The molecule has 1 fully saturated rings. The van der Waals surface area contributed by atoms with Gasteiger partial charge in [-0.3, -0.25) is 9.59 Å². The van der Waals surface area contributed by atoms with Crippen molar-refractivity contribution in [2.24, 2.45) is 0 Å². The fraction of sp³-hybridized carbons (Fsp3) is 0.417. The lowest BCUT2D eigenvalue weighted by Gasteiger charge is -2.33. The third-order valence-corrected chi connectivity index (χ3v) is 6.10. The van der Waals surface area contributed by atoms with E-state index in [2.05, 4.69) is 5.32 Å². The number of carbonyl (C=O) groups excluding carboxylic acids is 2. The largest absolute Gasteiger partial charge is 0.497 e. The normalized spacial score (nSPS) is 15.2. The molecule has 166 valence electrons. The summed E-state index contributed by atoms with van der Waals surface area (Å²) in [5.41, 5.74) is 1.54. The zero-order valence-corrected chi connectivity index (χ0v) is 19.2. The standard InChI is InChI=1S/C24H28Cl2N2O3/c1-31-21-9-5-6-17(14-21)16-28(22(29)15-25)23(18-10-12-19(26)13-11-18)24(30)27-20-7-3-2-4-8-20/h5-6,9-14,20,23H,2-4,7-8,15-16H2,1H3,(H,27,30)/t23-/m1/s1. The Bertz CT molecular complexity index is 883. The van der Waals surface area contributed by atoms with Crippen molar-refractivity contribution >= 4 is 35.0 Å². The lowest BCUT2D eigenvalue weighted by atomic mass is 9.94. The van der Waals surface area contributed by atoms with Crippen LogP contribution in [0.5, 0.6) is 5.75 Å². The number of hydrogen-bond donors (Lipinski definition) is 1. The Kier molecular flexibility index (Phi) is 8.61. The van der Waals surface area contributed by atoms with Gasteiger partial charge in [0.25, 0.3) is 0 Å². The first-order valence-corrected chi connectivity index (χ1v) is 11.5. The Labute approximate surface area is 193 Å². The quantitative estimate of drug-likeness (QED) is 0.554. The molecule has 0 bridgehead atoms. The molecule has 1 aliphatic rings. The fourth-order valence-corrected chi connectivity index (χ4v) is 4.29. The zero-order chi connectivity index (χ0) is 22.2. The number of benzene rings is 2. The lowest BCUT2D eigenvalue weighted by molar-refractivity contribution is -0.140. The average Bonchev–Trinajstić information content (AvgIpc) is 2.80. The second kappa shape index (κ2) is 11.4. The van der Waals surface area contributed by atoms with Crippen LogP contribution in [0.3, 0.4) is 0 Å². The van der Waals surface area contributed by atoms with Crippen molar-refractivity contribution in [1.29, 1.82) is 0 Å². The van der Waals surface area contributed by atoms with Gasteiger partial charge in [0.2, 0.25) is 11.8 Å². The van der Waals surface area contributed by atoms with Crippen LogP contribution >= 0.6 is 23.2 Å². The molecule has 0 spiro atoms. The molecule has 3 rings (SSSR count). The summed E-state index contributed by atoms with van der Waals surface area (Å²) in [5, 5.41) is 3.73. The fourth-order valence-electron chi connectivity index (χ4n) is 4.01. The van der Waals surface area contributed by atoms with Gasteiger partial charge in [-0.2, -0.15) is 0 Å². The SMILES string of the molecule is COc1cccc(CN(C(=O)CCl)[C@@H](C(=O)NC2CCCCC2)c2ccc(Cl)cc2)c1. The summed E-state index contributed by atoms with van der Waals surface area (Å²) in [6, 6.07) is 13.8. The van der Waals surface area contributed by atoms with Gasteiger partial charge in [0.15, 0.2) is 0 Å². The molecular weight excluding hydrogens is 435 g/mol. The summed E-state index contributed by atoms with van der Waals surface area (Å²) in [5.74, 6) is -0.0469. The van der Waals surface area contributed by atoms with Crippen molar-refractivity contribution in [1.82, 2.24) is 10.2 Å². The Hall–Kier alpha value is -2.24. The minimum absolute atomic E-state index is 0.126. The molecule has 0 aliphatic heterocycles. The number of hydrogen-bond acceptors (Lipinski definition) is 3. The average molecular weight is 463 g/mol. The maximum atomic E-state index is 13.5. The summed E-state index contributed by atoms with van der Waals surface area (Å²) in [4.78, 5) is 27.9. The van der Waals surface area contributed by atoms with Crippen molar-refractivity contribution in [2.45, 2.75) is 50.7 Å². The summed E-state index contributed by atoms with van der Waals surface area (Å²) < 4.78 is 5.31. The molecule has 2 aromatic carbocycles. The smallest absolute Gasteiger partial charge is 0.247 e. The molecule has 0 radical (unpaired) electrons. The first kappa shape index (κ1) is 23.4. The zero-order valence-electron chi connectivity index (χ0n) is 17.7. The van der Waals surface area contributed by atoms with E-state index >= 15 is 0 Å². The Balaban J connectivity index is 1.94. The van der Waals surface area contributed by atoms with Gasteiger partial charge in [-0.05, 0) is 48.2 Å². The van der Waals surface area contributed by atoms with Crippen LogP contribution in [0.1, 0.15) is 49.3 Å². The topological polar surface area (TPSA) is 58.6 Å².